The van der Waals surface area contributed by atoms with E-state index in [2.05, 4.69) is 35.9 Å². The summed E-state index contributed by atoms with van der Waals surface area (Å²) in [5.41, 5.74) is 2.07. The van der Waals surface area contributed by atoms with Crippen molar-refractivity contribution in [2.24, 2.45) is 10.1 Å². The number of rotatable bonds is 7. The minimum absolute atomic E-state index is 0.0293. The molecule has 0 radical (unpaired) electrons. The number of benzene rings is 1. The highest BCUT2D eigenvalue weighted by atomic mass is 79.9. The molecule has 0 aliphatic carbocycles. The lowest BCUT2D eigenvalue weighted by atomic mass is 10.3. The Kier molecular flexibility index (Phi) is 6.41. The Balaban J connectivity index is 2.14. The second kappa shape index (κ2) is 8.33. The van der Waals surface area contributed by atoms with Crippen LogP contribution < -0.4 is 15.4 Å². The fraction of sp³-hybridized carbons (Fsp3) is 0.250. The summed E-state index contributed by atoms with van der Waals surface area (Å²) >= 11 is 3.02. The number of hydrogen-bond donors (Lipinski definition) is 3. The highest BCUT2D eigenvalue weighted by Crippen LogP contribution is 2.23. The highest BCUT2D eigenvalue weighted by Gasteiger charge is 2.18. The first-order chi connectivity index (χ1) is 11.8. The minimum Gasteiger partial charge on any atom is -0.474 e. The third-order valence-corrected chi connectivity index (χ3v) is 4.21. The van der Waals surface area contributed by atoms with Gasteiger partial charge in [-0.25, -0.2) is 27.6 Å². The van der Waals surface area contributed by atoms with Crippen molar-refractivity contribution in [2.45, 2.75) is 6.42 Å². The third kappa shape index (κ3) is 5.74. The number of aliphatic imine (C=N–C) groups is 1. The van der Waals surface area contributed by atoms with Crippen LogP contribution in [0.2, 0.25) is 0 Å². The molecule has 0 saturated carbocycles. The monoisotopic (exact) mass is 437 g/mol. The van der Waals surface area contributed by atoms with E-state index in [0.717, 1.165) is 0 Å². The molecule has 2 rings (SSSR count). The molecule has 1 aromatic heterocycles. The standard InChI is InChI=1S/C12H13BrFN5O5S/c13-8-6-7(2-3-9(8)14)16-11(17-20)10-12(19-24-18-10)23-4-1-5-25(15,21)22/h2-3,6,20H,1,4-5H2,(H,16,17)(H2,15,21,22). The summed E-state index contributed by atoms with van der Waals surface area (Å²) in [5.74, 6) is -1.02. The topological polar surface area (TPSA) is 153 Å². The molecule has 0 amide bonds. The molecule has 0 saturated heterocycles. The van der Waals surface area contributed by atoms with Gasteiger partial charge in [0.2, 0.25) is 15.7 Å². The van der Waals surface area contributed by atoms with Crippen LogP contribution in [0.5, 0.6) is 5.88 Å². The van der Waals surface area contributed by atoms with Gasteiger partial charge in [-0.15, -0.1) is 0 Å². The van der Waals surface area contributed by atoms with Crippen molar-refractivity contribution in [1.29, 1.82) is 0 Å². The molecule has 0 aliphatic heterocycles. The second-order valence-electron chi connectivity index (χ2n) is 4.66. The van der Waals surface area contributed by atoms with Gasteiger partial charge in [-0.2, -0.15) is 0 Å². The van der Waals surface area contributed by atoms with Crippen LogP contribution in [0.1, 0.15) is 12.1 Å². The van der Waals surface area contributed by atoms with Gasteiger partial charge in [0.15, 0.2) is 5.84 Å². The molecule has 0 atom stereocenters. The molecule has 25 heavy (non-hydrogen) atoms. The van der Waals surface area contributed by atoms with E-state index in [0.29, 0.717) is 5.69 Å². The maximum absolute atomic E-state index is 13.2. The predicted octanol–water partition coefficient (Wildman–Crippen LogP) is 1.09. The first kappa shape index (κ1) is 19.2. The molecule has 1 aromatic carbocycles. The normalized spacial score (nSPS) is 12.2. The van der Waals surface area contributed by atoms with E-state index in [1.165, 1.54) is 18.2 Å². The van der Waals surface area contributed by atoms with Gasteiger partial charge in [-0.1, -0.05) is 0 Å². The van der Waals surface area contributed by atoms with E-state index in [1.807, 2.05) is 5.48 Å². The summed E-state index contributed by atoms with van der Waals surface area (Å²) in [5, 5.41) is 21.2. The van der Waals surface area contributed by atoms with Crippen LogP contribution in [0.3, 0.4) is 0 Å². The summed E-state index contributed by atoms with van der Waals surface area (Å²) in [6, 6.07) is 3.94. The summed E-state index contributed by atoms with van der Waals surface area (Å²) < 4.78 is 44.9. The number of nitrogens with one attached hydrogen (secondary N) is 1. The average molecular weight is 438 g/mol. The number of aromatic nitrogens is 2. The maximum atomic E-state index is 13.2. The number of halogens is 2. The van der Waals surface area contributed by atoms with Crippen molar-refractivity contribution in [3.63, 3.8) is 0 Å². The van der Waals surface area contributed by atoms with Gasteiger partial charge in [0, 0.05) is 0 Å². The number of nitrogens with two attached hydrogens (primary N) is 1. The SMILES string of the molecule is NS(=O)(=O)CCCOc1nonc1C(=Nc1ccc(F)c(Br)c1)NO. The fourth-order valence-electron chi connectivity index (χ4n) is 1.66. The summed E-state index contributed by atoms with van der Waals surface area (Å²) in [7, 11) is -3.60. The van der Waals surface area contributed by atoms with Gasteiger partial charge in [-0.05, 0) is 50.9 Å². The number of primary sulfonamides is 1. The van der Waals surface area contributed by atoms with E-state index in [4.69, 9.17) is 9.88 Å². The lowest BCUT2D eigenvalue weighted by Gasteiger charge is -2.05. The van der Waals surface area contributed by atoms with Gasteiger partial charge in [0.25, 0.3) is 5.88 Å². The van der Waals surface area contributed by atoms with Crippen LogP contribution in [0, 0.1) is 5.82 Å². The number of ether oxygens (including phenoxy) is 1. The molecular formula is C12H13BrFN5O5S. The molecule has 4 N–H and O–H groups in total. The minimum atomic E-state index is -3.60. The van der Waals surface area contributed by atoms with E-state index in [1.54, 1.807) is 0 Å². The summed E-state index contributed by atoms with van der Waals surface area (Å²) in [6.07, 6.45) is 0.120. The van der Waals surface area contributed by atoms with Crippen molar-refractivity contribution in [3.8, 4) is 5.88 Å². The highest BCUT2D eigenvalue weighted by molar-refractivity contribution is 9.10. The Hall–Kier alpha value is -2.09. The van der Waals surface area contributed by atoms with Crippen molar-refractivity contribution in [3.05, 3.63) is 34.2 Å². The Morgan fingerprint density at radius 1 is 1.48 bits per heavy atom. The second-order valence-corrected chi connectivity index (χ2v) is 7.25. The quantitative estimate of drug-likeness (QED) is 0.251. The molecule has 1 heterocycles. The van der Waals surface area contributed by atoms with Crippen LogP contribution in [0.4, 0.5) is 10.1 Å². The predicted molar refractivity (Wildman–Crippen MR) is 87.6 cm³/mol. The number of nitrogens with zero attached hydrogens (tertiary/aromatic N) is 3. The smallest absolute Gasteiger partial charge is 0.287 e. The molecule has 0 fully saturated rings. The number of sulfonamides is 1. The van der Waals surface area contributed by atoms with Crippen LogP contribution in [0.25, 0.3) is 0 Å². The molecule has 136 valence electrons. The zero-order valence-electron chi connectivity index (χ0n) is 12.5. The van der Waals surface area contributed by atoms with Gasteiger partial charge < -0.3 is 4.74 Å². The summed E-state index contributed by atoms with van der Waals surface area (Å²) in [6.45, 7) is -0.0293. The fourth-order valence-corrected chi connectivity index (χ4v) is 2.55. The van der Waals surface area contributed by atoms with Gasteiger partial charge >= 0.3 is 0 Å². The lowest BCUT2D eigenvalue weighted by Crippen LogP contribution is -2.22. The Morgan fingerprint density at radius 3 is 2.88 bits per heavy atom. The van der Waals surface area contributed by atoms with Crippen molar-refractivity contribution in [1.82, 2.24) is 15.8 Å². The zero-order valence-corrected chi connectivity index (χ0v) is 14.9. The average Bonchev–Trinajstić information content (AvgIpc) is 3.00. The Morgan fingerprint density at radius 2 is 2.24 bits per heavy atom. The van der Waals surface area contributed by atoms with Crippen molar-refractivity contribution >= 4 is 37.5 Å². The number of hydroxylamine groups is 1. The van der Waals surface area contributed by atoms with Crippen LogP contribution in [0.15, 0.2) is 32.3 Å². The molecule has 13 heteroatoms. The molecule has 2 aromatic rings. The number of amidine groups is 1. The van der Waals surface area contributed by atoms with E-state index >= 15 is 0 Å². The van der Waals surface area contributed by atoms with Crippen LogP contribution >= 0.6 is 15.9 Å². The lowest BCUT2D eigenvalue weighted by molar-refractivity contribution is 0.233. The first-order valence-electron chi connectivity index (χ1n) is 6.70. The maximum Gasteiger partial charge on any atom is 0.287 e. The van der Waals surface area contributed by atoms with Gasteiger partial charge in [0.1, 0.15) is 5.82 Å². The first-order valence-corrected chi connectivity index (χ1v) is 9.21. The molecule has 10 nitrogen and oxygen atoms in total. The van der Waals surface area contributed by atoms with E-state index in [-0.39, 0.29) is 40.7 Å². The van der Waals surface area contributed by atoms with Crippen molar-refractivity contribution < 1.29 is 27.4 Å². The Labute approximate surface area is 150 Å². The molecule has 0 bridgehead atoms. The molecule has 0 aliphatic rings. The summed E-state index contributed by atoms with van der Waals surface area (Å²) in [4.78, 5) is 4.05. The van der Waals surface area contributed by atoms with Gasteiger partial charge in [-0.3, -0.25) is 10.7 Å². The molecular weight excluding hydrogens is 425 g/mol. The van der Waals surface area contributed by atoms with Crippen LogP contribution in [-0.2, 0) is 10.0 Å². The molecule has 0 unspecified atom stereocenters. The van der Waals surface area contributed by atoms with Gasteiger partial charge in [0.05, 0.1) is 22.5 Å². The Bertz CT molecular complexity index is 873. The van der Waals surface area contributed by atoms with E-state index < -0.39 is 15.8 Å². The largest absolute Gasteiger partial charge is 0.474 e. The number of hydrogen-bond acceptors (Lipinski definition) is 8. The van der Waals surface area contributed by atoms with E-state index in [9.17, 15) is 18.0 Å². The van der Waals surface area contributed by atoms with Crippen molar-refractivity contribution in [2.75, 3.05) is 12.4 Å². The van der Waals surface area contributed by atoms with Crippen LogP contribution in [-0.4, -0.2) is 42.1 Å². The molecule has 0 spiro atoms. The third-order valence-electron chi connectivity index (χ3n) is 2.74. The zero-order chi connectivity index (χ0) is 18.4.